The summed E-state index contributed by atoms with van der Waals surface area (Å²) in [6.07, 6.45) is 1.18. The van der Waals surface area contributed by atoms with Crippen molar-refractivity contribution in [2.24, 2.45) is 0 Å². The standard InChI is InChI=1S/C22H18ClN3O4/c23-15-7-5-14(6-8-15)18-11-25(9-10-29-18)19(27)12-26-13-24-20-16-3-1-2-4-17(16)30-21(20)22(26)28/h1-8,13,18H,9-12H2. The van der Waals surface area contributed by atoms with Crippen molar-refractivity contribution < 1.29 is 13.9 Å². The number of para-hydroxylation sites is 1. The molecule has 1 unspecified atom stereocenters. The van der Waals surface area contributed by atoms with Crippen molar-refractivity contribution in [3.8, 4) is 0 Å². The molecule has 3 heterocycles. The van der Waals surface area contributed by atoms with E-state index in [0.717, 1.165) is 10.9 Å². The molecule has 0 saturated carbocycles. The Bertz CT molecular complexity index is 1300. The fraction of sp³-hybridized carbons (Fsp3) is 0.227. The lowest BCUT2D eigenvalue weighted by Gasteiger charge is -2.33. The molecule has 1 atom stereocenters. The average Bonchev–Trinajstić information content (AvgIpc) is 3.16. The van der Waals surface area contributed by atoms with Crippen molar-refractivity contribution in [3.63, 3.8) is 0 Å². The number of halogens is 1. The maximum atomic E-state index is 12.9. The van der Waals surface area contributed by atoms with Crippen molar-refractivity contribution in [2.45, 2.75) is 12.6 Å². The summed E-state index contributed by atoms with van der Waals surface area (Å²) in [5, 5.41) is 1.43. The summed E-state index contributed by atoms with van der Waals surface area (Å²) in [5.74, 6) is -0.170. The Balaban J connectivity index is 1.37. The lowest BCUT2D eigenvalue weighted by molar-refractivity contribution is -0.139. The van der Waals surface area contributed by atoms with Gasteiger partial charge in [0.2, 0.25) is 11.5 Å². The van der Waals surface area contributed by atoms with Crippen molar-refractivity contribution in [2.75, 3.05) is 19.7 Å². The number of carbonyl (C=O) groups is 1. The second-order valence-electron chi connectivity index (χ2n) is 7.20. The first-order valence-corrected chi connectivity index (χ1v) is 9.99. The van der Waals surface area contributed by atoms with E-state index < -0.39 is 0 Å². The number of amides is 1. The van der Waals surface area contributed by atoms with Crippen LogP contribution in [-0.4, -0.2) is 40.1 Å². The highest BCUT2D eigenvalue weighted by atomic mass is 35.5. The SMILES string of the molecule is O=C(Cn1cnc2c(oc3ccccc32)c1=O)N1CCOC(c2ccc(Cl)cc2)C1. The summed E-state index contributed by atoms with van der Waals surface area (Å²) in [5.41, 5.74) is 1.85. The zero-order chi connectivity index (χ0) is 20.7. The summed E-state index contributed by atoms with van der Waals surface area (Å²) in [6.45, 7) is 1.20. The predicted molar refractivity (Wildman–Crippen MR) is 112 cm³/mol. The van der Waals surface area contributed by atoms with Gasteiger partial charge in [-0.15, -0.1) is 0 Å². The molecule has 5 rings (SSSR count). The second kappa shape index (κ2) is 7.59. The third-order valence-electron chi connectivity index (χ3n) is 5.32. The van der Waals surface area contributed by atoms with E-state index >= 15 is 0 Å². The van der Waals surface area contributed by atoms with Gasteiger partial charge < -0.3 is 14.1 Å². The molecule has 2 aromatic heterocycles. The van der Waals surface area contributed by atoms with Crippen LogP contribution in [0.1, 0.15) is 11.7 Å². The van der Waals surface area contributed by atoms with Gasteiger partial charge in [0.1, 0.15) is 23.7 Å². The van der Waals surface area contributed by atoms with Gasteiger partial charge in [0.25, 0.3) is 5.56 Å². The zero-order valence-electron chi connectivity index (χ0n) is 16.0. The molecule has 1 saturated heterocycles. The molecule has 8 heteroatoms. The molecular weight excluding hydrogens is 406 g/mol. The van der Waals surface area contributed by atoms with E-state index in [1.807, 2.05) is 30.3 Å². The quantitative estimate of drug-likeness (QED) is 0.504. The molecule has 0 radical (unpaired) electrons. The number of aromatic nitrogens is 2. The van der Waals surface area contributed by atoms with E-state index in [9.17, 15) is 9.59 Å². The fourth-order valence-electron chi connectivity index (χ4n) is 3.73. The second-order valence-corrected chi connectivity index (χ2v) is 7.64. The van der Waals surface area contributed by atoms with Gasteiger partial charge in [-0.3, -0.25) is 14.2 Å². The van der Waals surface area contributed by atoms with Crippen molar-refractivity contribution in [3.05, 3.63) is 75.8 Å². The lowest BCUT2D eigenvalue weighted by atomic mass is 10.1. The number of hydrogen-bond donors (Lipinski definition) is 0. The molecular formula is C22H18ClN3O4. The van der Waals surface area contributed by atoms with Crippen LogP contribution in [0.2, 0.25) is 5.02 Å². The average molecular weight is 424 g/mol. The van der Waals surface area contributed by atoms with Gasteiger partial charge in [-0.2, -0.15) is 0 Å². The smallest absolute Gasteiger partial charge is 0.297 e. The maximum absolute atomic E-state index is 12.9. The molecule has 30 heavy (non-hydrogen) atoms. The predicted octanol–water partition coefficient (Wildman–Crippen LogP) is 3.40. The van der Waals surface area contributed by atoms with Gasteiger partial charge in [0, 0.05) is 17.0 Å². The third-order valence-corrected chi connectivity index (χ3v) is 5.57. The first-order chi connectivity index (χ1) is 14.6. The minimum Gasteiger partial charge on any atom is -0.448 e. The number of ether oxygens (including phenoxy) is 1. The topological polar surface area (TPSA) is 77.6 Å². The number of hydrogen-bond acceptors (Lipinski definition) is 5. The molecule has 0 spiro atoms. The van der Waals surface area contributed by atoms with Crippen LogP contribution in [-0.2, 0) is 16.1 Å². The molecule has 1 fully saturated rings. The Kier molecular flexibility index (Phi) is 4.77. The van der Waals surface area contributed by atoms with Crippen LogP contribution in [0.3, 0.4) is 0 Å². The van der Waals surface area contributed by atoms with E-state index in [4.69, 9.17) is 20.8 Å². The Morgan fingerprint density at radius 1 is 1.17 bits per heavy atom. The largest absolute Gasteiger partial charge is 0.448 e. The molecule has 4 aromatic rings. The number of rotatable bonds is 3. The molecule has 1 amide bonds. The summed E-state index contributed by atoms with van der Waals surface area (Å²) >= 11 is 5.95. The van der Waals surface area contributed by atoms with E-state index in [2.05, 4.69) is 4.98 Å². The van der Waals surface area contributed by atoms with Crippen LogP contribution in [0.25, 0.3) is 22.1 Å². The van der Waals surface area contributed by atoms with Crippen molar-refractivity contribution >= 4 is 39.6 Å². The highest BCUT2D eigenvalue weighted by Crippen LogP contribution is 2.25. The van der Waals surface area contributed by atoms with Gasteiger partial charge in [-0.05, 0) is 29.8 Å². The normalized spacial score (nSPS) is 17.0. The van der Waals surface area contributed by atoms with Gasteiger partial charge in [-0.25, -0.2) is 4.98 Å². The molecule has 0 N–H and O–H groups in total. The van der Waals surface area contributed by atoms with E-state index in [0.29, 0.717) is 35.8 Å². The zero-order valence-corrected chi connectivity index (χ0v) is 16.7. The summed E-state index contributed by atoms with van der Waals surface area (Å²) in [6, 6.07) is 14.7. The van der Waals surface area contributed by atoms with Crippen LogP contribution in [0.4, 0.5) is 0 Å². The third kappa shape index (κ3) is 3.36. The van der Waals surface area contributed by atoms with Crippen LogP contribution in [0.15, 0.2) is 64.1 Å². The number of furan rings is 1. The van der Waals surface area contributed by atoms with Crippen LogP contribution in [0.5, 0.6) is 0 Å². The van der Waals surface area contributed by atoms with E-state index in [1.54, 1.807) is 23.1 Å². The number of fused-ring (bicyclic) bond motifs is 3. The number of carbonyl (C=O) groups excluding carboxylic acids is 1. The first-order valence-electron chi connectivity index (χ1n) is 9.61. The Labute approximate surface area is 176 Å². The lowest BCUT2D eigenvalue weighted by Crippen LogP contribution is -2.44. The molecule has 0 bridgehead atoms. The van der Waals surface area contributed by atoms with Gasteiger partial charge >= 0.3 is 0 Å². The van der Waals surface area contributed by atoms with Gasteiger partial charge in [0.15, 0.2) is 0 Å². The summed E-state index contributed by atoms with van der Waals surface area (Å²) in [7, 11) is 0. The van der Waals surface area contributed by atoms with Gasteiger partial charge in [-0.1, -0.05) is 35.9 Å². The molecule has 7 nitrogen and oxygen atoms in total. The number of benzene rings is 2. The van der Waals surface area contributed by atoms with E-state index in [-0.39, 0.29) is 29.7 Å². The summed E-state index contributed by atoms with van der Waals surface area (Å²) in [4.78, 5) is 31.8. The summed E-state index contributed by atoms with van der Waals surface area (Å²) < 4.78 is 12.8. The minimum absolute atomic E-state index is 0.105. The molecule has 1 aliphatic rings. The fourth-order valence-corrected chi connectivity index (χ4v) is 3.85. The van der Waals surface area contributed by atoms with E-state index in [1.165, 1.54) is 10.9 Å². The van der Waals surface area contributed by atoms with Crippen LogP contribution < -0.4 is 5.56 Å². The van der Waals surface area contributed by atoms with Crippen molar-refractivity contribution in [1.82, 2.24) is 14.5 Å². The Hall–Kier alpha value is -3.16. The minimum atomic E-state index is -0.368. The molecule has 152 valence electrons. The van der Waals surface area contributed by atoms with Crippen LogP contribution in [0, 0.1) is 0 Å². The first kappa shape index (κ1) is 18.8. The molecule has 1 aliphatic heterocycles. The van der Waals surface area contributed by atoms with Crippen LogP contribution >= 0.6 is 11.6 Å². The maximum Gasteiger partial charge on any atom is 0.297 e. The highest BCUT2D eigenvalue weighted by molar-refractivity contribution is 6.30. The highest BCUT2D eigenvalue weighted by Gasteiger charge is 2.26. The monoisotopic (exact) mass is 423 g/mol. The molecule has 2 aromatic carbocycles. The number of morpholine rings is 1. The molecule has 0 aliphatic carbocycles. The Morgan fingerprint density at radius 2 is 1.97 bits per heavy atom. The van der Waals surface area contributed by atoms with Gasteiger partial charge in [0.05, 0.1) is 19.5 Å². The van der Waals surface area contributed by atoms with Crippen molar-refractivity contribution in [1.29, 1.82) is 0 Å². The Morgan fingerprint density at radius 3 is 2.80 bits per heavy atom. The number of nitrogens with zero attached hydrogens (tertiary/aromatic N) is 3.